The number of nitrogens with zero attached hydrogens (tertiary/aromatic N) is 1. The van der Waals surface area contributed by atoms with Crippen LogP contribution < -0.4 is 4.74 Å². The summed E-state index contributed by atoms with van der Waals surface area (Å²) in [6.45, 7) is 5.62. The molecule has 0 aliphatic rings. The molecule has 1 aromatic rings. The van der Waals surface area contributed by atoms with E-state index in [1.165, 1.54) is 57.8 Å². The van der Waals surface area contributed by atoms with Crippen LogP contribution in [0.15, 0.2) is 30.3 Å². The molecule has 1 unspecified atom stereocenters. The van der Waals surface area contributed by atoms with Gasteiger partial charge in [-0.15, -0.1) is 0 Å². The van der Waals surface area contributed by atoms with E-state index in [4.69, 9.17) is 4.74 Å². The molecule has 0 aliphatic heterocycles. The predicted octanol–water partition coefficient (Wildman–Crippen LogP) is 6.41. The van der Waals surface area contributed by atoms with Crippen LogP contribution in [0.5, 0.6) is 5.75 Å². The van der Waals surface area contributed by atoms with Crippen LogP contribution in [0.2, 0.25) is 0 Å². The van der Waals surface area contributed by atoms with Crippen molar-refractivity contribution >= 4 is 0 Å². The Balaban J connectivity index is 2.28. The number of quaternary nitrogens is 1. The number of hydrogen-bond donors (Lipinski definition) is 0. The summed E-state index contributed by atoms with van der Waals surface area (Å²) in [7, 11) is 4.56. The fourth-order valence-corrected chi connectivity index (χ4v) is 3.04. The first-order valence-electron chi connectivity index (χ1n) is 10.1. The van der Waals surface area contributed by atoms with Crippen molar-refractivity contribution in [3.63, 3.8) is 0 Å². The van der Waals surface area contributed by atoms with Crippen molar-refractivity contribution in [2.45, 2.75) is 84.3 Å². The van der Waals surface area contributed by atoms with Crippen LogP contribution in [0, 0.1) is 0 Å². The van der Waals surface area contributed by atoms with Gasteiger partial charge in [-0.25, -0.2) is 0 Å². The lowest BCUT2D eigenvalue weighted by molar-refractivity contribution is -0.931. The molecule has 2 heteroatoms. The molecule has 1 aromatic carbocycles. The molecule has 0 aliphatic carbocycles. The smallest absolute Gasteiger partial charge is 0.233 e. The Morgan fingerprint density at radius 2 is 1.33 bits per heavy atom. The average molecular weight is 335 g/mol. The van der Waals surface area contributed by atoms with E-state index in [0.29, 0.717) is 0 Å². The Bertz CT molecular complexity index is 402. The van der Waals surface area contributed by atoms with Crippen LogP contribution in [-0.2, 0) is 0 Å². The molecular weight excluding hydrogens is 294 g/mol. The van der Waals surface area contributed by atoms with E-state index in [1.807, 2.05) is 6.07 Å². The molecule has 0 bridgehead atoms. The maximum absolute atomic E-state index is 6.31. The van der Waals surface area contributed by atoms with Crippen LogP contribution in [0.4, 0.5) is 0 Å². The minimum atomic E-state index is 0.252. The summed E-state index contributed by atoms with van der Waals surface area (Å²) in [6.07, 6.45) is 13.8. The molecule has 0 spiro atoms. The number of unbranched alkanes of at least 4 members (excludes halogenated alkanes) is 8. The Labute approximate surface area is 150 Å². The minimum absolute atomic E-state index is 0.252. The van der Waals surface area contributed by atoms with E-state index in [0.717, 1.165) is 23.2 Å². The monoisotopic (exact) mass is 334 g/mol. The third kappa shape index (κ3) is 8.73. The van der Waals surface area contributed by atoms with Gasteiger partial charge in [-0.3, -0.25) is 4.48 Å². The van der Waals surface area contributed by atoms with Gasteiger partial charge in [-0.05, 0) is 25.5 Å². The molecule has 0 N–H and O–H groups in total. The fourth-order valence-electron chi connectivity index (χ4n) is 3.04. The predicted molar refractivity (Wildman–Crippen MR) is 105 cm³/mol. The summed E-state index contributed by atoms with van der Waals surface area (Å²) >= 11 is 0. The van der Waals surface area contributed by atoms with Crippen LogP contribution in [0.25, 0.3) is 0 Å². The first kappa shape index (κ1) is 21.0. The van der Waals surface area contributed by atoms with Crippen molar-refractivity contribution in [1.29, 1.82) is 0 Å². The van der Waals surface area contributed by atoms with E-state index in [9.17, 15) is 0 Å². The van der Waals surface area contributed by atoms with Gasteiger partial charge in [0.2, 0.25) is 6.23 Å². The van der Waals surface area contributed by atoms with Gasteiger partial charge < -0.3 is 4.74 Å². The lowest BCUT2D eigenvalue weighted by Gasteiger charge is -2.36. The number of ether oxygens (including phenoxy) is 1. The summed E-state index contributed by atoms with van der Waals surface area (Å²) < 4.78 is 7.24. The normalized spacial score (nSPS) is 13.0. The number of hydrogen-bond acceptors (Lipinski definition) is 1. The Morgan fingerprint density at radius 3 is 1.88 bits per heavy atom. The van der Waals surface area contributed by atoms with Crippen molar-refractivity contribution < 1.29 is 9.22 Å². The fraction of sp³-hybridized carbons (Fsp3) is 0.727. The first-order valence-corrected chi connectivity index (χ1v) is 10.1. The number of benzene rings is 1. The number of rotatable bonds is 14. The maximum Gasteiger partial charge on any atom is 0.233 e. The van der Waals surface area contributed by atoms with Gasteiger partial charge in [0.05, 0.1) is 20.6 Å². The molecule has 0 saturated carbocycles. The lowest BCUT2D eigenvalue weighted by Crippen LogP contribution is -2.51. The average Bonchev–Trinajstić information content (AvgIpc) is 2.60. The molecular formula is C22H40NO+. The number of para-hydroxylation sites is 1. The summed E-state index contributed by atoms with van der Waals surface area (Å²) in [5.41, 5.74) is 0. The maximum atomic E-state index is 6.31. The highest BCUT2D eigenvalue weighted by molar-refractivity contribution is 5.21. The lowest BCUT2D eigenvalue weighted by atomic mass is 10.1. The molecule has 0 amide bonds. The zero-order valence-electron chi connectivity index (χ0n) is 16.6. The minimum Gasteiger partial charge on any atom is -0.443 e. The Kier molecular flexibility index (Phi) is 10.8. The second-order valence-electron chi connectivity index (χ2n) is 7.60. The Morgan fingerprint density at radius 1 is 0.792 bits per heavy atom. The van der Waals surface area contributed by atoms with Crippen LogP contribution in [-0.4, -0.2) is 31.4 Å². The highest BCUT2D eigenvalue weighted by Gasteiger charge is 2.27. The van der Waals surface area contributed by atoms with Crippen molar-refractivity contribution in [3.8, 4) is 5.75 Å². The van der Waals surface area contributed by atoms with Crippen molar-refractivity contribution in [2.75, 3.05) is 20.6 Å². The van der Waals surface area contributed by atoms with Gasteiger partial charge in [0.1, 0.15) is 5.75 Å². The third-order valence-corrected chi connectivity index (χ3v) is 5.16. The van der Waals surface area contributed by atoms with Crippen LogP contribution >= 0.6 is 0 Å². The molecule has 0 fully saturated rings. The van der Waals surface area contributed by atoms with E-state index in [1.54, 1.807) is 0 Å². The van der Waals surface area contributed by atoms with Gasteiger partial charge in [-0.1, -0.05) is 76.5 Å². The molecule has 0 radical (unpaired) electrons. The van der Waals surface area contributed by atoms with Gasteiger partial charge in [0.25, 0.3) is 0 Å². The molecule has 0 heterocycles. The second-order valence-corrected chi connectivity index (χ2v) is 7.60. The molecule has 1 atom stereocenters. The topological polar surface area (TPSA) is 9.23 Å². The third-order valence-electron chi connectivity index (χ3n) is 5.16. The van der Waals surface area contributed by atoms with Crippen molar-refractivity contribution in [3.05, 3.63) is 30.3 Å². The quantitative estimate of drug-likeness (QED) is 0.217. The Hall–Kier alpha value is -1.02. The largest absolute Gasteiger partial charge is 0.443 e. The summed E-state index contributed by atoms with van der Waals surface area (Å²) in [4.78, 5) is 0. The molecule has 0 saturated heterocycles. The summed E-state index contributed by atoms with van der Waals surface area (Å²) in [6, 6.07) is 10.3. The van der Waals surface area contributed by atoms with Gasteiger partial charge in [-0.2, -0.15) is 0 Å². The molecule has 2 nitrogen and oxygen atoms in total. The van der Waals surface area contributed by atoms with Crippen LogP contribution in [0.3, 0.4) is 0 Å². The van der Waals surface area contributed by atoms with Gasteiger partial charge in [0.15, 0.2) is 0 Å². The van der Waals surface area contributed by atoms with E-state index in [2.05, 4.69) is 52.2 Å². The van der Waals surface area contributed by atoms with Gasteiger partial charge in [0, 0.05) is 6.42 Å². The molecule has 0 aromatic heterocycles. The van der Waals surface area contributed by atoms with Crippen LogP contribution in [0.1, 0.15) is 78.1 Å². The zero-order chi connectivity index (χ0) is 17.7. The standard InChI is InChI=1S/C22H40NO/c1-5-7-8-9-10-11-12-13-17-20-22(23(3,4)6-2)24-21-18-15-14-16-19-21/h14-16,18-19,22H,5-13,17,20H2,1-4H3/q+1. The van der Waals surface area contributed by atoms with Crippen molar-refractivity contribution in [1.82, 2.24) is 0 Å². The van der Waals surface area contributed by atoms with E-state index >= 15 is 0 Å². The van der Waals surface area contributed by atoms with E-state index < -0.39 is 0 Å². The second kappa shape index (κ2) is 12.4. The van der Waals surface area contributed by atoms with Crippen molar-refractivity contribution in [2.24, 2.45) is 0 Å². The van der Waals surface area contributed by atoms with Gasteiger partial charge >= 0.3 is 0 Å². The molecule has 1 rings (SSSR count). The molecule has 138 valence electrons. The molecule has 24 heavy (non-hydrogen) atoms. The highest BCUT2D eigenvalue weighted by Crippen LogP contribution is 2.21. The first-order chi connectivity index (χ1) is 11.6. The SMILES string of the molecule is CCCCCCCCCCCC(Oc1ccccc1)[N+](C)(C)CC. The summed E-state index contributed by atoms with van der Waals surface area (Å²) in [5.74, 6) is 0.998. The summed E-state index contributed by atoms with van der Waals surface area (Å²) in [5, 5.41) is 0. The highest BCUT2D eigenvalue weighted by atomic mass is 16.5. The zero-order valence-corrected chi connectivity index (χ0v) is 16.6. The van der Waals surface area contributed by atoms with E-state index in [-0.39, 0.29) is 6.23 Å².